The van der Waals surface area contributed by atoms with Crippen LogP contribution in [-0.2, 0) is 14.3 Å². The molecule has 2 atom stereocenters. The van der Waals surface area contributed by atoms with Crippen LogP contribution in [0.2, 0.25) is 0 Å². The first kappa shape index (κ1) is 91.6. The molecule has 0 saturated heterocycles. The van der Waals surface area contributed by atoms with Gasteiger partial charge in [-0.05, 0) is 51.4 Å². The number of ether oxygens (including phenoxy) is 1. The Morgan fingerprint density at radius 3 is 0.763 bits per heavy atom. The Morgan fingerprint density at radius 2 is 0.505 bits per heavy atom. The zero-order valence-corrected chi connectivity index (χ0v) is 63.8. The van der Waals surface area contributed by atoms with E-state index in [0.29, 0.717) is 25.9 Å². The quantitative estimate of drug-likeness (QED) is 0.0320. The molecular weight excluding hydrogens is 1140 g/mol. The van der Waals surface area contributed by atoms with Crippen LogP contribution in [0.4, 0.5) is 0 Å². The molecule has 93 heavy (non-hydrogen) atoms. The zero-order valence-electron chi connectivity index (χ0n) is 63.8. The van der Waals surface area contributed by atoms with Crippen LogP contribution in [0.5, 0.6) is 0 Å². The van der Waals surface area contributed by atoms with Crippen molar-refractivity contribution in [2.45, 2.75) is 520 Å². The molecule has 0 aromatic heterocycles. The molecular formula is C87H171NO5. The summed E-state index contributed by atoms with van der Waals surface area (Å²) in [6.07, 6.45) is 106. The van der Waals surface area contributed by atoms with Gasteiger partial charge in [0.05, 0.1) is 25.4 Å². The third kappa shape index (κ3) is 79.5. The van der Waals surface area contributed by atoms with Crippen LogP contribution in [-0.4, -0.2) is 47.4 Å². The number of unbranched alkanes of at least 4 members (excludes halogenated alkanes) is 70. The molecule has 0 spiro atoms. The summed E-state index contributed by atoms with van der Waals surface area (Å²) >= 11 is 0. The van der Waals surface area contributed by atoms with E-state index < -0.39 is 12.1 Å². The van der Waals surface area contributed by atoms with Crippen LogP contribution < -0.4 is 5.32 Å². The van der Waals surface area contributed by atoms with E-state index in [1.54, 1.807) is 0 Å². The summed E-state index contributed by atoms with van der Waals surface area (Å²) in [6.45, 7) is 5.02. The fraction of sp³-hybridized carbons (Fsp3) is 0.954. The minimum Gasteiger partial charge on any atom is -0.466 e. The number of rotatable bonds is 83. The van der Waals surface area contributed by atoms with Crippen LogP contribution in [0.1, 0.15) is 508 Å². The summed E-state index contributed by atoms with van der Waals surface area (Å²) in [5, 5.41) is 23.4. The van der Waals surface area contributed by atoms with Gasteiger partial charge in [0.15, 0.2) is 0 Å². The standard InChI is InChI=1S/C87H171NO5/c1-3-5-7-9-11-13-15-17-19-21-44-49-53-57-61-65-69-73-77-81-87(92)93-82-78-74-70-66-62-58-54-50-46-43-41-39-37-35-33-31-29-27-25-23-24-26-28-30-32-34-36-38-40-42-45-48-52-56-60-64-68-72-76-80-86(91)88-84(83-89)85(90)79-75-71-67-63-59-55-51-47-22-20-18-16-14-12-10-8-6-4-2/h23-24,84-85,89-90H,3-22,25-83H2,1-2H3,(H,88,91)/b24-23-. The maximum absolute atomic E-state index is 12.6. The summed E-state index contributed by atoms with van der Waals surface area (Å²) in [5.74, 6) is 0.00343. The minimum atomic E-state index is -0.661. The van der Waals surface area contributed by atoms with Crippen molar-refractivity contribution in [1.29, 1.82) is 0 Å². The molecule has 3 N–H and O–H groups in total. The lowest BCUT2D eigenvalue weighted by molar-refractivity contribution is -0.143. The molecule has 0 aliphatic rings. The van der Waals surface area contributed by atoms with Crippen molar-refractivity contribution in [3.05, 3.63) is 12.2 Å². The summed E-state index contributed by atoms with van der Waals surface area (Å²) in [7, 11) is 0. The van der Waals surface area contributed by atoms with Gasteiger partial charge in [-0.15, -0.1) is 0 Å². The van der Waals surface area contributed by atoms with E-state index in [0.717, 1.165) is 38.5 Å². The highest BCUT2D eigenvalue weighted by Gasteiger charge is 2.20. The van der Waals surface area contributed by atoms with Gasteiger partial charge in [0.25, 0.3) is 0 Å². The number of allylic oxidation sites excluding steroid dienone is 2. The van der Waals surface area contributed by atoms with E-state index in [1.807, 2.05) is 0 Å². The molecule has 1 amide bonds. The fourth-order valence-electron chi connectivity index (χ4n) is 14.2. The third-order valence-electron chi connectivity index (χ3n) is 20.8. The summed E-state index contributed by atoms with van der Waals surface area (Å²) in [6, 6.07) is -0.538. The summed E-state index contributed by atoms with van der Waals surface area (Å²) in [5.41, 5.74) is 0. The molecule has 6 nitrogen and oxygen atoms in total. The number of carbonyl (C=O) groups excluding carboxylic acids is 2. The number of aliphatic hydroxyl groups is 2. The normalized spacial score (nSPS) is 12.4. The van der Waals surface area contributed by atoms with Gasteiger partial charge in [0.1, 0.15) is 0 Å². The molecule has 0 rings (SSSR count). The lowest BCUT2D eigenvalue weighted by atomic mass is 10.0. The number of nitrogens with one attached hydrogen (secondary N) is 1. The number of carbonyl (C=O) groups is 2. The number of hydrogen-bond donors (Lipinski definition) is 3. The molecule has 0 aliphatic heterocycles. The van der Waals surface area contributed by atoms with E-state index >= 15 is 0 Å². The lowest BCUT2D eigenvalue weighted by Crippen LogP contribution is -2.45. The van der Waals surface area contributed by atoms with Crippen molar-refractivity contribution < 1.29 is 24.5 Å². The number of amides is 1. The van der Waals surface area contributed by atoms with Gasteiger partial charge in [0.2, 0.25) is 5.91 Å². The Kier molecular flexibility index (Phi) is 81.8. The molecule has 0 radical (unpaired) electrons. The highest BCUT2D eigenvalue weighted by Crippen LogP contribution is 2.21. The SMILES string of the molecule is CCCCCCCCCCCCCCCCCCCCCC(=O)OCCCCCCCCCCCCCCCCCCCC/C=C\CCCCCCCCCCCCCCCCCCCC(=O)NC(CO)C(O)CCCCCCCCCCCCCCCCCCCC. The number of esters is 1. The van der Waals surface area contributed by atoms with Gasteiger partial charge in [-0.1, -0.05) is 456 Å². The number of aliphatic hydroxyl groups excluding tert-OH is 2. The van der Waals surface area contributed by atoms with E-state index in [1.165, 1.54) is 437 Å². The van der Waals surface area contributed by atoms with Crippen molar-refractivity contribution in [2.75, 3.05) is 13.2 Å². The Morgan fingerprint density at radius 1 is 0.290 bits per heavy atom. The van der Waals surface area contributed by atoms with Crippen molar-refractivity contribution in [2.24, 2.45) is 0 Å². The molecule has 0 fully saturated rings. The zero-order chi connectivity index (χ0) is 67.0. The van der Waals surface area contributed by atoms with Gasteiger partial charge in [-0.3, -0.25) is 9.59 Å². The highest BCUT2D eigenvalue weighted by atomic mass is 16.5. The second-order valence-corrected chi connectivity index (χ2v) is 30.2. The Balaban J connectivity index is 3.30. The summed E-state index contributed by atoms with van der Waals surface area (Å²) < 4.78 is 5.53. The van der Waals surface area contributed by atoms with Crippen LogP contribution in [0.15, 0.2) is 12.2 Å². The minimum absolute atomic E-state index is 0.0253. The maximum Gasteiger partial charge on any atom is 0.305 e. The van der Waals surface area contributed by atoms with Crippen molar-refractivity contribution in [3.8, 4) is 0 Å². The van der Waals surface area contributed by atoms with Crippen LogP contribution in [0, 0.1) is 0 Å². The Bertz CT molecular complexity index is 1420. The van der Waals surface area contributed by atoms with Crippen LogP contribution in [0.25, 0.3) is 0 Å². The van der Waals surface area contributed by atoms with Crippen LogP contribution in [0.3, 0.4) is 0 Å². The predicted molar refractivity (Wildman–Crippen MR) is 412 cm³/mol. The van der Waals surface area contributed by atoms with Crippen molar-refractivity contribution >= 4 is 11.9 Å². The van der Waals surface area contributed by atoms with Gasteiger partial charge in [-0.2, -0.15) is 0 Å². The Labute approximate surface area is 584 Å². The van der Waals surface area contributed by atoms with E-state index in [4.69, 9.17) is 4.74 Å². The molecule has 0 bridgehead atoms. The van der Waals surface area contributed by atoms with Crippen LogP contribution >= 0.6 is 0 Å². The second-order valence-electron chi connectivity index (χ2n) is 30.2. The van der Waals surface area contributed by atoms with Crippen molar-refractivity contribution in [3.63, 3.8) is 0 Å². The average molecular weight is 1310 g/mol. The second kappa shape index (κ2) is 83.0. The van der Waals surface area contributed by atoms with E-state index in [-0.39, 0.29) is 18.5 Å². The Hall–Kier alpha value is -1.40. The van der Waals surface area contributed by atoms with Gasteiger partial charge in [-0.25, -0.2) is 0 Å². The smallest absolute Gasteiger partial charge is 0.305 e. The molecule has 0 saturated carbocycles. The first-order valence-electron chi connectivity index (χ1n) is 43.4. The molecule has 0 aromatic carbocycles. The first-order valence-corrected chi connectivity index (χ1v) is 43.4. The lowest BCUT2D eigenvalue weighted by Gasteiger charge is -2.22. The molecule has 0 aromatic rings. The van der Waals surface area contributed by atoms with Gasteiger partial charge < -0.3 is 20.3 Å². The molecule has 554 valence electrons. The third-order valence-corrected chi connectivity index (χ3v) is 20.8. The number of hydrogen-bond acceptors (Lipinski definition) is 5. The average Bonchev–Trinajstić information content (AvgIpc) is 3.68. The topological polar surface area (TPSA) is 95.9 Å². The molecule has 6 heteroatoms. The van der Waals surface area contributed by atoms with E-state index in [9.17, 15) is 19.8 Å². The summed E-state index contributed by atoms with van der Waals surface area (Å²) in [4.78, 5) is 24.7. The van der Waals surface area contributed by atoms with Crippen molar-refractivity contribution in [1.82, 2.24) is 5.32 Å². The highest BCUT2D eigenvalue weighted by molar-refractivity contribution is 5.76. The molecule has 0 heterocycles. The molecule has 2 unspecified atom stereocenters. The first-order chi connectivity index (χ1) is 46.0. The van der Waals surface area contributed by atoms with Gasteiger partial charge in [0, 0.05) is 12.8 Å². The monoisotopic (exact) mass is 1310 g/mol. The largest absolute Gasteiger partial charge is 0.466 e. The fourth-order valence-corrected chi connectivity index (χ4v) is 14.2. The maximum atomic E-state index is 12.6. The predicted octanol–water partition coefficient (Wildman–Crippen LogP) is 29.0. The van der Waals surface area contributed by atoms with E-state index in [2.05, 4.69) is 31.3 Å². The molecule has 0 aliphatic carbocycles. The van der Waals surface area contributed by atoms with Gasteiger partial charge >= 0.3 is 5.97 Å².